The first-order valence-corrected chi connectivity index (χ1v) is 8.47. The van der Waals surface area contributed by atoms with Crippen LogP contribution in [0.2, 0.25) is 5.02 Å². The van der Waals surface area contributed by atoms with Crippen molar-refractivity contribution < 1.29 is 9.59 Å². The second-order valence-corrected chi connectivity index (χ2v) is 6.03. The van der Waals surface area contributed by atoms with E-state index in [9.17, 15) is 9.59 Å². The molecule has 0 radical (unpaired) electrons. The average molecular weight is 345 g/mol. The van der Waals surface area contributed by atoms with Gasteiger partial charge in [0.1, 0.15) is 0 Å². The fourth-order valence-electron chi connectivity index (χ4n) is 2.32. The number of hydrogen-bond acceptors (Lipinski definition) is 3. The molecule has 0 bridgehead atoms. The number of carbonyl (C=O) groups is 2. The standard InChI is InChI=1S/C19H21ClN2O2/c20-17-8-6-15(7-9-17)4-1-2-13-22-19(24)11-10-18(23)16-5-3-12-21-14-16/h3,5-9,12,14H,1-2,4,10-11,13H2,(H,22,24). The van der Waals surface area contributed by atoms with Crippen molar-refractivity contribution in [3.05, 3.63) is 64.9 Å². The molecular weight excluding hydrogens is 324 g/mol. The maximum atomic E-state index is 11.9. The molecular formula is C19H21ClN2O2. The molecule has 2 aromatic rings. The minimum absolute atomic E-state index is 0.0546. The number of nitrogens with zero attached hydrogens (tertiary/aromatic N) is 1. The topological polar surface area (TPSA) is 59.1 Å². The smallest absolute Gasteiger partial charge is 0.220 e. The Bertz CT molecular complexity index is 657. The number of aromatic nitrogens is 1. The molecule has 1 amide bonds. The summed E-state index contributed by atoms with van der Waals surface area (Å²) in [6, 6.07) is 11.2. The Morgan fingerprint density at radius 1 is 1.04 bits per heavy atom. The van der Waals surface area contributed by atoms with Gasteiger partial charge in [-0.2, -0.15) is 0 Å². The number of hydrogen-bond donors (Lipinski definition) is 1. The van der Waals surface area contributed by atoms with Crippen LogP contribution in [-0.4, -0.2) is 23.2 Å². The van der Waals surface area contributed by atoms with Crippen LogP contribution in [0.4, 0.5) is 0 Å². The van der Waals surface area contributed by atoms with Crippen LogP contribution in [0.5, 0.6) is 0 Å². The van der Waals surface area contributed by atoms with Crippen LogP contribution in [0.25, 0.3) is 0 Å². The lowest BCUT2D eigenvalue weighted by Gasteiger charge is -2.05. The van der Waals surface area contributed by atoms with E-state index in [1.165, 1.54) is 11.8 Å². The van der Waals surface area contributed by atoms with Gasteiger partial charge in [-0.25, -0.2) is 0 Å². The Morgan fingerprint density at radius 2 is 1.83 bits per heavy atom. The van der Waals surface area contributed by atoms with Crippen molar-refractivity contribution in [1.82, 2.24) is 10.3 Å². The lowest BCUT2D eigenvalue weighted by molar-refractivity contribution is -0.121. The highest BCUT2D eigenvalue weighted by Crippen LogP contribution is 2.11. The molecule has 0 aliphatic heterocycles. The van der Waals surface area contributed by atoms with Crippen LogP contribution in [0.1, 0.15) is 41.6 Å². The van der Waals surface area contributed by atoms with Crippen molar-refractivity contribution in [2.24, 2.45) is 0 Å². The second-order valence-electron chi connectivity index (χ2n) is 5.60. The Balaban J connectivity index is 1.56. The highest BCUT2D eigenvalue weighted by atomic mass is 35.5. The Hall–Kier alpha value is -2.20. The molecule has 0 unspecified atom stereocenters. The molecule has 126 valence electrons. The third-order valence-electron chi connectivity index (χ3n) is 3.69. The summed E-state index contributed by atoms with van der Waals surface area (Å²) in [4.78, 5) is 27.5. The number of unbranched alkanes of at least 4 members (excludes halogenated alkanes) is 1. The molecule has 0 atom stereocenters. The van der Waals surface area contributed by atoms with E-state index in [4.69, 9.17) is 11.6 Å². The number of Topliss-reactive ketones (excluding diaryl/α,β-unsaturated/α-hetero) is 1. The zero-order chi connectivity index (χ0) is 17.2. The monoisotopic (exact) mass is 344 g/mol. The average Bonchev–Trinajstić information content (AvgIpc) is 2.61. The lowest BCUT2D eigenvalue weighted by atomic mass is 10.1. The minimum Gasteiger partial charge on any atom is -0.356 e. The van der Waals surface area contributed by atoms with Crippen LogP contribution < -0.4 is 5.32 Å². The molecule has 5 heteroatoms. The van der Waals surface area contributed by atoms with Gasteiger partial charge in [0.2, 0.25) is 5.91 Å². The maximum Gasteiger partial charge on any atom is 0.220 e. The van der Waals surface area contributed by atoms with Gasteiger partial charge in [0.05, 0.1) is 0 Å². The van der Waals surface area contributed by atoms with Gasteiger partial charge in [-0.05, 0) is 49.1 Å². The number of pyridine rings is 1. The molecule has 2 rings (SSSR count). The molecule has 0 fully saturated rings. The normalized spacial score (nSPS) is 10.4. The number of carbonyl (C=O) groups excluding carboxylic acids is 2. The summed E-state index contributed by atoms with van der Waals surface area (Å²) in [5, 5.41) is 3.60. The fourth-order valence-corrected chi connectivity index (χ4v) is 2.45. The summed E-state index contributed by atoms with van der Waals surface area (Å²) >= 11 is 5.85. The Morgan fingerprint density at radius 3 is 2.54 bits per heavy atom. The molecule has 0 aliphatic rings. The van der Waals surface area contributed by atoms with Gasteiger partial charge < -0.3 is 5.32 Å². The maximum absolute atomic E-state index is 11.9. The molecule has 24 heavy (non-hydrogen) atoms. The molecule has 1 aromatic heterocycles. The minimum atomic E-state index is -0.0845. The fraction of sp³-hybridized carbons (Fsp3) is 0.316. The lowest BCUT2D eigenvalue weighted by Crippen LogP contribution is -2.24. The van der Waals surface area contributed by atoms with E-state index in [1.54, 1.807) is 18.3 Å². The second kappa shape index (κ2) is 9.83. The van der Waals surface area contributed by atoms with Gasteiger partial charge in [-0.3, -0.25) is 14.6 Å². The number of ketones is 1. The van der Waals surface area contributed by atoms with E-state index in [2.05, 4.69) is 10.3 Å². The third-order valence-corrected chi connectivity index (χ3v) is 3.94. The van der Waals surface area contributed by atoms with Crippen LogP contribution in [0.3, 0.4) is 0 Å². The highest BCUT2D eigenvalue weighted by Gasteiger charge is 2.08. The van der Waals surface area contributed by atoms with Gasteiger partial charge in [0.15, 0.2) is 5.78 Å². The van der Waals surface area contributed by atoms with Crippen LogP contribution >= 0.6 is 11.6 Å². The van der Waals surface area contributed by atoms with E-state index in [1.807, 2.05) is 24.3 Å². The van der Waals surface area contributed by atoms with E-state index in [0.29, 0.717) is 12.1 Å². The summed E-state index contributed by atoms with van der Waals surface area (Å²) in [6.45, 7) is 0.632. The molecule has 0 saturated carbocycles. The molecule has 4 nitrogen and oxygen atoms in total. The van der Waals surface area contributed by atoms with Gasteiger partial charge >= 0.3 is 0 Å². The van der Waals surface area contributed by atoms with Crippen LogP contribution in [0.15, 0.2) is 48.8 Å². The summed E-state index contributed by atoms with van der Waals surface area (Å²) in [7, 11) is 0. The van der Waals surface area contributed by atoms with E-state index < -0.39 is 0 Å². The Kier molecular flexibility index (Phi) is 7.43. The number of amides is 1. The van der Waals surface area contributed by atoms with E-state index in [0.717, 1.165) is 24.3 Å². The van der Waals surface area contributed by atoms with Crippen molar-refractivity contribution in [2.75, 3.05) is 6.54 Å². The quantitative estimate of drug-likeness (QED) is 0.555. The van der Waals surface area contributed by atoms with Gasteiger partial charge in [-0.1, -0.05) is 23.7 Å². The van der Waals surface area contributed by atoms with Crippen LogP contribution in [-0.2, 0) is 11.2 Å². The number of halogens is 1. The number of nitrogens with one attached hydrogen (secondary N) is 1. The van der Waals surface area contributed by atoms with Crippen molar-refractivity contribution in [3.63, 3.8) is 0 Å². The molecule has 0 saturated heterocycles. The predicted octanol–water partition coefficient (Wildman–Crippen LogP) is 3.84. The predicted molar refractivity (Wildman–Crippen MR) is 95.2 cm³/mol. The molecule has 1 N–H and O–H groups in total. The van der Waals surface area contributed by atoms with Crippen LogP contribution in [0, 0.1) is 0 Å². The molecule has 1 heterocycles. The summed E-state index contributed by atoms with van der Waals surface area (Å²) in [5.74, 6) is -0.139. The zero-order valence-corrected chi connectivity index (χ0v) is 14.3. The summed E-state index contributed by atoms with van der Waals surface area (Å²) in [5.41, 5.74) is 1.79. The first-order valence-electron chi connectivity index (χ1n) is 8.09. The molecule has 1 aromatic carbocycles. The first-order chi connectivity index (χ1) is 11.6. The van der Waals surface area contributed by atoms with E-state index >= 15 is 0 Å². The van der Waals surface area contributed by atoms with Gasteiger partial charge in [-0.15, -0.1) is 0 Å². The summed E-state index contributed by atoms with van der Waals surface area (Å²) in [6.07, 6.45) is 6.44. The molecule has 0 aliphatic carbocycles. The highest BCUT2D eigenvalue weighted by molar-refractivity contribution is 6.30. The number of aryl methyl sites for hydroxylation is 1. The van der Waals surface area contributed by atoms with Crippen molar-refractivity contribution in [1.29, 1.82) is 0 Å². The third kappa shape index (κ3) is 6.50. The van der Waals surface area contributed by atoms with Crippen molar-refractivity contribution in [2.45, 2.75) is 32.1 Å². The Labute approximate surface area is 147 Å². The number of rotatable bonds is 9. The zero-order valence-electron chi connectivity index (χ0n) is 13.5. The van der Waals surface area contributed by atoms with Crippen molar-refractivity contribution in [3.8, 4) is 0 Å². The molecule has 0 spiro atoms. The largest absolute Gasteiger partial charge is 0.356 e. The van der Waals surface area contributed by atoms with E-state index in [-0.39, 0.29) is 24.5 Å². The van der Waals surface area contributed by atoms with Gasteiger partial charge in [0, 0.05) is 42.4 Å². The van der Waals surface area contributed by atoms with Gasteiger partial charge in [0.25, 0.3) is 0 Å². The van der Waals surface area contributed by atoms with Crippen molar-refractivity contribution >= 4 is 23.3 Å². The summed E-state index contributed by atoms with van der Waals surface area (Å²) < 4.78 is 0. The number of benzene rings is 1. The first kappa shape index (κ1) is 18.1. The SMILES string of the molecule is O=C(CCC(=O)c1cccnc1)NCCCCc1ccc(Cl)cc1.